The van der Waals surface area contributed by atoms with Gasteiger partial charge in [0.1, 0.15) is 5.82 Å². The highest BCUT2D eigenvalue weighted by Crippen LogP contribution is 2.01. The molecule has 0 radical (unpaired) electrons. The number of nitrogens with one attached hydrogen (secondary N) is 1. The Morgan fingerprint density at radius 3 is 2.80 bits per heavy atom. The number of hydrogen-bond donors (Lipinski definition) is 2. The van der Waals surface area contributed by atoms with Gasteiger partial charge in [-0.3, -0.25) is 4.79 Å². The van der Waals surface area contributed by atoms with Crippen molar-refractivity contribution in [2.75, 3.05) is 19.0 Å². The summed E-state index contributed by atoms with van der Waals surface area (Å²) in [6.07, 6.45) is 0.0858. The molecule has 15 heavy (non-hydrogen) atoms. The van der Waals surface area contributed by atoms with Crippen LogP contribution in [0.1, 0.15) is 17.4 Å². The largest absolute Gasteiger partial charge is 0.380 e. The van der Waals surface area contributed by atoms with Gasteiger partial charge in [-0.2, -0.15) is 0 Å². The number of anilines is 1. The lowest BCUT2D eigenvalue weighted by molar-refractivity contribution is 0.0994. The topological polar surface area (TPSA) is 90.1 Å². The lowest BCUT2D eigenvalue weighted by Gasteiger charge is -2.10. The van der Waals surface area contributed by atoms with E-state index in [9.17, 15) is 4.79 Å². The number of nitrogens with two attached hydrogens (primary N) is 1. The third kappa shape index (κ3) is 3.51. The minimum atomic E-state index is -0.584. The summed E-state index contributed by atoms with van der Waals surface area (Å²) in [5.41, 5.74) is 5.18. The third-order valence-corrected chi connectivity index (χ3v) is 1.89. The van der Waals surface area contributed by atoms with Gasteiger partial charge in [0.05, 0.1) is 6.10 Å². The second-order valence-electron chi connectivity index (χ2n) is 3.10. The van der Waals surface area contributed by atoms with E-state index in [1.165, 1.54) is 6.07 Å². The predicted molar refractivity (Wildman–Crippen MR) is 55.5 cm³/mol. The van der Waals surface area contributed by atoms with Gasteiger partial charge >= 0.3 is 0 Å². The van der Waals surface area contributed by atoms with Crippen molar-refractivity contribution in [1.29, 1.82) is 0 Å². The Balaban J connectivity index is 2.53. The van der Waals surface area contributed by atoms with Crippen molar-refractivity contribution in [2.45, 2.75) is 13.0 Å². The van der Waals surface area contributed by atoms with E-state index in [-0.39, 0.29) is 11.8 Å². The predicted octanol–water partition coefficient (Wildman–Crippen LogP) is 0.0223. The fourth-order valence-electron chi connectivity index (χ4n) is 0.890. The fraction of sp³-hybridized carbons (Fsp3) is 0.444. The molecular weight excluding hydrogens is 196 g/mol. The first-order chi connectivity index (χ1) is 7.13. The second-order valence-corrected chi connectivity index (χ2v) is 3.10. The highest BCUT2D eigenvalue weighted by molar-refractivity contribution is 5.90. The molecule has 0 aliphatic heterocycles. The number of carbonyl (C=O) groups excluding carboxylic acids is 1. The first-order valence-corrected chi connectivity index (χ1v) is 4.53. The van der Waals surface area contributed by atoms with E-state index >= 15 is 0 Å². The van der Waals surface area contributed by atoms with Gasteiger partial charge in [0.25, 0.3) is 5.91 Å². The van der Waals surface area contributed by atoms with Crippen molar-refractivity contribution in [3.05, 3.63) is 17.8 Å². The van der Waals surface area contributed by atoms with Crippen LogP contribution in [0.25, 0.3) is 0 Å². The van der Waals surface area contributed by atoms with E-state index in [1.54, 1.807) is 13.2 Å². The number of primary amides is 1. The molecule has 0 saturated heterocycles. The average molecular weight is 210 g/mol. The maximum Gasteiger partial charge on any atom is 0.269 e. The molecule has 82 valence electrons. The molecule has 1 aromatic rings. The quantitative estimate of drug-likeness (QED) is 0.715. The standard InChI is InChI=1S/C9H14N4O2/c1-6(15-2)5-11-8-4-3-7(9(10)14)12-13-8/h3-4,6H,5H2,1-2H3,(H2,10,14)(H,11,13). The number of amides is 1. The van der Waals surface area contributed by atoms with E-state index in [2.05, 4.69) is 15.5 Å². The lowest BCUT2D eigenvalue weighted by Crippen LogP contribution is -2.19. The van der Waals surface area contributed by atoms with E-state index in [1.807, 2.05) is 6.92 Å². The van der Waals surface area contributed by atoms with Gasteiger partial charge in [0, 0.05) is 13.7 Å². The molecule has 0 aliphatic carbocycles. The molecular formula is C9H14N4O2. The minimum Gasteiger partial charge on any atom is -0.380 e. The molecule has 3 N–H and O–H groups in total. The van der Waals surface area contributed by atoms with Crippen LogP contribution in [-0.4, -0.2) is 35.9 Å². The number of aromatic nitrogens is 2. The smallest absolute Gasteiger partial charge is 0.269 e. The Morgan fingerprint density at radius 1 is 1.60 bits per heavy atom. The summed E-state index contributed by atoms with van der Waals surface area (Å²) in [4.78, 5) is 10.7. The van der Waals surface area contributed by atoms with E-state index < -0.39 is 5.91 Å². The first-order valence-electron chi connectivity index (χ1n) is 4.53. The Bertz CT molecular complexity index is 325. The highest BCUT2D eigenvalue weighted by atomic mass is 16.5. The number of carbonyl (C=O) groups is 1. The molecule has 6 heteroatoms. The van der Waals surface area contributed by atoms with Crippen molar-refractivity contribution in [3.63, 3.8) is 0 Å². The molecule has 0 spiro atoms. The van der Waals surface area contributed by atoms with Gasteiger partial charge in [0.15, 0.2) is 5.69 Å². The maximum absolute atomic E-state index is 10.7. The summed E-state index contributed by atoms with van der Waals surface area (Å²) in [5, 5.41) is 10.5. The molecule has 1 amide bonds. The molecule has 1 heterocycles. The zero-order valence-electron chi connectivity index (χ0n) is 8.73. The van der Waals surface area contributed by atoms with Gasteiger partial charge in [-0.1, -0.05) is 0 Å². The summed E-state index contributed by atoms with van der Waals surface area (Å²) in [7, 11) is 1.63. The summed E-state index contributed by atoms with van der Waals surface area (Å²) < 4.78 is 5.05. The summed E-state index contributed by atoms with van der Waals surface area (Å²) in [5.74, 6) is 0.00297. The van der Waals surface area contributed by atoms with Gasteiger partial charge in [0.2, 0.25) is 0 Å². The Labute approximate surface area is 87.8 Å². The molecule has 0 saturated carbocycles. The molecule has 0 aromatic carbocycles. The van der Waals surface area contributed by atoms with Crippen molar-refractivity contribution < 1.29 is 9.53 Å². The SMILES string of the molecule is COC(C)CNc1ccc(C(N)=O)nn1. The molecule has 1 atom stereocenters. The van der Waals surface area contributed by atoms with Crippen LogP contribution in [0, 0.1) is 0 Å². The van der Waals surface area contributed by atoms with Gasteiger partial charge in [-0.15, -0.1) is 10.2 Å². The molecule has 6 nitrogen and oxygen atoms in total. The van der Waals surface area contributed by atoms with Gasteiger partial charge < -0.3 is 15.8 Å². The Hall–Kier alpha value is -1.69. The first kappa shape index (κ1) is 11.4. The number of rotatable bonds is 5. The van der Waals surface area contributed by atoms with Crippen molar-refractivity contribution in [2.24, 2.45) is 5.73 Å². The van der Waals surface area contributed by atoms with Crippen LogP contribution in [0.5, 0.6) is 0 Å². The normalized spacial score (nSPS) is 12.1. The van der Waals surface area contributed by atoms with Crippen molar-refractivity contribution >= 4 is 11.7 Å². The summed E-state index contributed by atoms with van der Waals surface area (Å²) in [6.45, 7) is 2.55. The monoisotopic (exact) mass is 210 g/mol. The number of hydrogen-bond acceptors (Lipinski definition) is 5. The number of ether oxygens (including phenoxy) is 1. The number of nitrogens with zero attached hydrogens (tertiary/aromatic N) is 2. The second kappa shape index (κ2) is 5.26. The van der Waals surface area contributed by atoms with Gasteiger partial charge in [-0.05, 0) is 19.1 Å². The van der Waals surface area contributed by atoms with Crippen molar-refractivity contribution in [1.82, 2.24) is 10.2 Å². The van der Waals surface area contributed by atoms with E-state index in [0.717, 1.165) is 0 Å². The van der Waals surface area contributed by atoms with Crippen LogP contribution >= 0.6 is 0 Å². The molecule has 1 rings (SSSR count). The highest BCUT2D eigenvalue weighted by Gasteiger charge is 2.03. The minimum absolute atomic E-state index is 0.0858. The van der Waals surface area contributed by atoms with Crippen LogP contribution < -0.4 is 11.1 Å². The van der Waals surface area contributed by atoms with E-state index in [0.29, 0.717) is 12.4 Å². The summed E-state index contributed by atoms with van der Waals surface area (Å²) >= 11 is 0. The molecule has 1 unspecified atom stereocenters. The molecule has 0 aliphatic rings. The number of methoxy groups -OCH3 is 1. The maximum atomic E-state index is 10.7. The summed E-state index contributed by atoms with van der Waals surface area (Å²) in [6, 6.07) is 3.17. The Morgan fingerprint density at radius 2 is 2.33 bits per heavy atom. The van der Waals surface area contributed by atoms with Crippen LogP contribution in [0.15, 0.2) is 12.1 Å². The van der Waals surface area contributed by atoms with Crippen LogP contribution in [0.4, 0.5) is 5.82 Å². The third-order valence-electron chi connectivity index (χ3n) is 1.89. The zero-order chi connectivity index (χ0) is 11.3. The fourth-order valence-corrected chi connectivity index (χ4v) is 0.890. The van der Waals surface area contributed by atoms with E-state index in [4.69, 9.17) is 10.5 Å². The zero-order valence-corrected chi connectivity index (χ0v) is 8.73. The molecule has 0 fully saturated rings. The lowest BCUT2D eigenvalue weighted by atomic mass is 10.3. The molecule has 0 bridgehead atoms. The van der Waals surface area contributed by atoms with Crippen molar-refractivity contribution in [3.8, 4) is 0 Å². The Kier molecular flexibility index (Phi) is 3.99. The van der Waals surface area contributed by atoms with Crippen LogP contribution in [-0.2, 0) is 4.74 Å². The average Bonchev–Trinajstić information content (AvgIpc) is 2.26. The van der Waals surface area contributed by atoms with Crippen LogP contribution in [0.3, 0.4) is 0 Å². The van der Waals surface area contributed by atoms with Gasteiger partial charge in [-0.25, -0.2) is 0 Å². The molecule has 1 aromatic heterocycles. The van der Waals surface area contributed by atoms with Crippen LogP contribution in [0.2, 0.25) is 0 Å².